The van der Waals surface area contributed by atoms with Crippen LogP contribution in [0.1, 0.15) is 29.3 Å². The number of anilines is 1. The van der Waals surface area contributed by atoms with Gasteiger partial charge in [-0.3, -0.25) is 24.0 Å². The number of nitrogens with one attached hydrogen (secondary N) is 1. The van der Waals surface area contributed by atoms with Crippen LogP contribution in [0.5, 0.6) is 0 Å². The number of H-pyrrole nitrogens is 1. The van der Waals surface area contributed by atoms with E-state index in [1.807, 2.05) is 48.2 Å². The Kier molecular flexibility index (Phi) is 5.75. The number of carbonyl (C=O) groups is 1. The third-order valence-electron chi connectivity index (χ3n) is 4.65. The van der Waals surface area contributed by atoms with Crippen molar-refractivity contribution in [1.82, 2.24) is 14.5 Å². The number of ketones is 1. The molecule has 7 nitrogen and oxygen atoms in total. The molecule has 2 aromatic carbocycles. The Balaban J connectivity index is 1.79. The first-order chi connectivity index (χ1) is 13.4. The smallest absolute Gasteiger partial charge is 0.329 e. The van der Waals surface area contributed by atoms with E-state index in [4.69, 9.17) is 5.73 Å². The number of benzene rings is 2. The Morgan fingerprint density at radius 3 is 2.57 bits per heavy atom. The van der Waals surface area contributed by atoms with E-state index < -0.39 is 17.0 Å². The Labute approximate surface area is 162 Å². The fourth-order valence-corrected chi connectivity index (χ4v) is 3.33. The molecular formula is C21H24N4O3. The van der Waals surface area contributed by atoms with Gasteiger partial charge in [-0.25, -0.2) is 4.79 Å². The summed E-state index contributed by atoms with van der Waals surface area (Å²) in [5.74, 6) is -0.480. The van der Waals surface area contributed by atoms with Gasteiger partial charge in [-0.05, 0) is 35.9 Å². The van der Waals surface area contributed by atoms with Gasteiger partial charge in [0, 0.05) is 13.1 Å². The molecule has 0 spiro atoms. The lowest BCUT2D eigenvalue weighted by Gasteiger charge is -2.17. The second kappa shape index (κ2) is 8.22. The number of fused-ring (bicyclic) bond motifs is 1. The van der Waals surface area contributed by atoms with Crippen molar-refractivity contribution in [3.05, 3.63) is 74.4 Å². The van der Waals surface area contributed by atoms with Crippen molar-refractivity contribution in [2.45, 2.75) is 26.4 Å². The fourth-order valence-electron chi connectivity index (χ4n) is 3.33. The van der Waals surface area contributed by atoms with E-state index in [0.29, 0.717) is 19.5 Å². The molecule has 0 unspecified atom stereocenters. The van der Waals surface area contributed by atoms with Gasteiger partial charge < -0.3 is 5.73 Å². The standard InChI is InChI=1S/C21H24N4O3/c1-3-10-25-19(22)18(20(27)23-21(25)28)17(26)13-24(2)12-14-8-9-15-6-4-5-7-16(15)11-14/h4-9,11H,3,10,12-13,22H2,1-2H3,(H,23,27,28). The number of nitrogens with zero attached hydrogens (tertiary/aromatic N) is 2. The summed E-state index contributed by atoms with van der Waals surface area (Å²) in [6.07, 6.45) is 0.658. The first-order valence-electron chi connectivity index (χ1n) is 9.22. The second-order valence-electron chi connectivity index (χ2n) is 6.95. The fraction of sp³-hybridized carbons (Fsp3) is 0.286. The first kappa shape index (κ1) is 19.6. The molecule has 0 saturated carbocycles. The highest BCUT2D eigenvalue weighted by Crippen LogP contribution is 2.17. The molecule has 3 N–H and O–H groups in total. The van der Waals surface area contributed by atoms with Crippen molar-refractivity contribution in [2.24, 2.45) is 0 Å². The van der Waals surface area contributed by atoms with Gasteiger partial charge in [-0.15, -0.1) is 0 Å². The molecule has 0 aliphatic carbocycles. The summed E-state index contributed by atoms with van der Waals surface area (Å²) >= 11 is 0. The van der Waals surface area contributed by atoms with E-state index in [-0.39, 0.29) is 17.9 Å². The van der Waals surface area contributed by atoms with Gasteiger partial charge in [0.2, 0.25) is 0 Å². The summed E-state index contributed by atoms with van der Waals surface area (Å²) in [5, 5.41) is 2.29. The average molecular weight is 380 g/mol. The number of aromatic amines is 1. The van der Waals surface area contributed by atoms with Crippen molar-refractivity contribution >= 4 is 22.4 Å². The van der Waals surface area contributed by atoms with Crippen molar-refractivity contribution in [2.75, 3.05) is 19.3 Å². The Hall–Kier alpha value is -3.19. The van der Waals surface area contributed by atoms with Crippen molar-refractivity contribution < 1.29 is 4.79 Å². The van der Waals surface area contributed by atoms with Crippen LogP contribution in [0.25, 0.3) is 10.8 Å². The van der Waals surface area contributed by atoms with Gasteiger partial charge in [0.1, 0.15) is 11.4 Å². The zero-order valence-electron chi connectivity index (χ0n) is 16.1. The van der Waals surface area contributed by atoms with Crippen molar-refractivity contribution in [1.29, 1.82) is 0 Å². The topological polar surface area (TPSA) is 101 Å². The largest absolute Gasteiger partial charge is 0.384 e. The lowest BCUT2D eigenvalue weighted by molar-refractivity contribution is 0.0941. The van der Waals surface area contributed by atoms with Gasteiger partial charge in [-0.2, -0.15) is 0 Å². The average Bonchev–Trinajstić information content (AvgIpc) is 2.64. The van der Waals surface area contributed by atoms with Gasteiger partial charge in [-0.1, -0.05) is 43.3 Å². The number of likely N-dealkylation sites (N-methyl/N-ethyl adjacent to an activating group) is 1. The summed E-state index contributed by atoms with van der Waals surface area (Å²) in [4.78, 5) is 40.8. The molecule has 3 aromatic rings. The predicted octanol–water partition coefficient (Wildman–Crippen LogP) is 2.00. The lowest BCUT2D eigenvalue weighted by Crippen LogP contribution is -2.38. The summed E-state index contributed by atoms with van der Waals surface area (Å²) < 4.78 is 1.23. The third kappa shape index (κ3) is 4.04. The van der Waals surface area contributed by atoms with Crippen LogP contribution in [0, 0.1) is 0 Å². The molecule has 28 heavy (non-hydrogen) atoms. The highest BCUT2D eigenvalue weighted by Gasteiger charge is 2.20. The minimum atomic E-state index is -0.737. The first-order valence-corrected chi connectivity index (χ1v) is 9.22. The zero-order valence-corrected chi connectivity index (χ0v) is 16.1. The maximum Gasteiger partial charge on any atom is 0.329 e. The predicted molar refractivity (Wildman–Crippen MR) is 111 cm³/mol. The van der Waals surface area contributed by atoms with E-state index in [9.17, 15) is 14.4 Å². The minimum Gasteiger partial charge on any atom is -0.384 e. The molecular weight excluding hydrogens is 356 g/mol. The Morgan fingerprint density at radius 2 is 1.86 bits per heavy atom. The van der Waals surface area contributed by atoms with Crippen LogP contribution in [0.3, 0.4) is 0 Å². The van der Waals surface area contributed by atoms with Crippen LogP contribution >= 0.6 is 0 Å². The summed E-state index contributed by atoms with van der Waals surface area (Å²) in [5.41, 5.74) is 5.54. The maximum atomic E-state index is 12.7. The molecule has 0 amide bonds. The minimum absolute atomic E-state index is 0.0183. The molecule has 7 heteroatoms. The number of nitrogens with two attached hydrogens (primary N) is 1. The van der Waals surface area contributed by atoms with Crippen molar-refractivity contribution in [3.63, 3.8) is 0 Å². The van der Waals surface area contributed by atoms with E-state index >= 15 is 0 Å². The molecule has 0 aliphatic heterocycles. The SMILES string of the molecule is CCCn1c(N)c(C(=O)CN(C)Cc2ccc3ccccc3c2)c(=O)[nH]c1=O. The number of nitrogen functional groups attached to an aromatic ring is 1. The van der Waals surface area contributed by atoms with Crippen LogP contribution in [0.15, 0.2) is 52.1 Å². The Bertz CT molecular complexity index is 1130. The monoisotopic (exact) mass is 380 g/mol. The van der Waals surface area contributed by atoms with Gasteiger partial charge in [0.25, 0.3) is 5.56 Å². The highest BCUT2D eigenvalue weighted by atomic mass is 16.2. The molecule has 0 fully saturated rings. The summed E-state index contributed by atoms with van der Waals surface area (Å²) in [6, 6.07) is 14.2. The molecule has 0 bridgehead atoms. The molecule has 0 aliphatic rings. The number of Topliss-reactive ketones (excluding diaryl/α,β-unsaturated/α-hetero) is 1. The van der Waals surface area contributed by atoms with Crippen LogP contribution in [-0.4, -0.2) is 33.8 Å². The summed E-state index contributed by atoms with van der Waals surface area (Å²) in [7, 11) is 1.81. The number of hydrogen-bond donors (Lipinski definition) is 2. The molecule has 3 rings (SSSR count). The van der Waals surface area contributed by atoms with E-state index in [2.05, 4.69) is 11.1 Å². The number of carbonyl (C=O) groups excluding carboxylic acids is 1. The van der Waals surface area contributed by atoms with E-state index in [1.54, 1.807) is 7.05 Å². The maximum absolute atomic E-state index is 12.7. The van der Waals surface area contributed by atoms with Crippen LogP contribution in [0.4, 0.5) is 5.82 Å². The lowest BCUT2D eigenvalue weighted by atomic mass is 10.1. The van der Waals surface area contributed by atoms with E-state index in [0.717, 1.165) is 16.3 Å². The number of hydrogen-bond acceptors (Lipinski definition) is 5. The van der Waals surface area contributed by atoms with Gasteiger partial charge in [0.15, 0.2) is 5.78 Å². The Morgan fingerprint density at radius 1 is 1.14 bits per heavy atom. The second-order valence-corrected chi connectivity index (χ2v) is 6.95. The molecule has 146 valence electrons. The quantitative estimate of drug-likeness (QED) is 0.611. The zero-order chi connectivity index (χ0) is 20.3. The number of rotatable bonds is 7. The van der Waals surface area contributed by atoms with Gasteiger partial charge >= 0.3 is 5.69 Å². The molecule has 0 radical (unpaired) electrons. The van der Waals surface area contributed by atoms with Gasteiger partial charge in [0.05, 0.1) is 6.54 Å². The molecule has 0 atom stereocenters. The van der Waals surface area contributed by atoms with E-state index in [1.165, 1.54) is 4.57 Å². The normalized spacial score (nSPS) is 11.2. The molecule has 1 aromatic heterocycles. The van der Waals surface area contributed by atoms with Crippen LogP contribution < -0.4 is 17.0 Å². The number of aromatic nitrogens is 2. The molecule has 0 saturated heterocycles. The van der Waals surface area contributed by atoms with Crippen LogP contribution in [-0.2, 0) is 13.1 Å². The van der Waals surface area contributed by atoms with Crippen LogP contribution in [0.2, 0.25) is 0 Å². The molecule has 1 heterocycles. The third-order valence-corrected chi connectivity index (χ3v) is 4.65. The summed E-state index contributed by atoms with van der Waals surface area (Å²) in [6.45, 7) is 2.79. The highest BCUT2D eigenvalue weighted by molar-refractivity contribution is 6.01. The van der Waals surface area contributed by atoms with Crippen molar-refractivity contribution in [3.8, 4) is 0 Å².